The third-order valence-electron chi connectivity index (χ3n) is 4.67. The van der Waals surface area contributed by atoms with Crippen LogP contribution in [0.5, 0.6) is 0 Å². The number of Topliss-reactive ketones (excluding diaryl/α,β-unsaturated/α-hetero) is 1. The van der Waals surface area contributed by atoms with Gasteiger partial charge in [-0.1, -0.05) is 40.0 Å². The van der Waals surface area contributed by atoms with Crippen LogP contribution in [-0.2, 0) is 4.79 Å². The normalized spacial score (nSPS) is 32.1. The van der Waals surface area contributed by atoms with E-state index in [-0.39, 0.29) is 0 Å². The summed E-state index contributed by atoms with van der Waals surface area (Å²) in [6, 6.07) is 0. The van der Waals surface area contributed by atoms with E-state index in [1.807, 2.05) is 0 Å². The first-order valence-corrected chi connectivity index (χ1v) is 7.51. The molecule has 2 fully saturated rings. The van der Waals surface area contributed by atoms with Crippen LogP contribution < -0.4 is 0 Å². The molecule has 0 spiro atoms. The fourth-order valence-electron chi connectivity index (χ4n) is 3.91. The van der Waals surface area contributed by atoms with Gasteiger partial charge in [-0.3, -0.25) is 4.79 Å². The smallest absolute Gasteiger partial charge is 0.139 e. The van der Waals surface area contributed by atoms with Crippen LogP contribution in [0.1, 0.15) is 72.1 Å². The molecule has 0 aliphatic heterocycles. The van der Waals surface area contributed by atoms with Crippen molar-refractivity contribution in [3.05, 3.63) is 0 Å². The van der Waals surface area contributed by atoms with E-state index in [4.69, 9.17) is 0 Å². The summed E-state index contributed by atoms with van der Waals surface area (Å²) < 4.78 is 0. The zero-order valence-electron chi connectivity index (χ0n) is 11.8. The molecule has 1 heteroatoms. The van der Waals surface area contributed by atoms with Gasteiger partial charge in [0.1, 0.15) is 5.78 Å². The molecule has 0 aromatic rings. The summed E-state index contributed by atoms with van der Waals surface area (Å²) in [5, 5.41) is 0. The van der Waals surface area contributed by atoms with Crippen LogP contribution in [0.3, 0.4) is 0 Å². The standard InChI is InChI=1S/C16H28O/c1-16(2,3)11-13-9-10-14(15(13)17)12-7-5-4-6-8-12/h12-14H,4-11H2,1-3H3. The molecule has 0 N–H and O–H groups in total. The largest absolute Gasteiger partial charge is 0.299 e. The van der Waals surface area contributed by atoms with Crippen molar-refractivity contribution in [1.29, 1.82) is 0 Å². The first kappa shape index (κ1) is 13.1. The summed E-state index contributed by atoms with van der Waals surface area (Å²) in [5.41, 5.74) is 0.307. The summed E-state index contributed by atoms with van der Waals surface area (Å²) >= 11 is 0. The molecule has 0 aromatic heterocycles. The lowest BCUT2D eigenvalue weighted by molar-refractivity contribution is -0.126. The van der Waals surface area contributed by atoms with Crippen molar-refractivity contribution in [1.82, 2.24) is 0 Å². The summed E-state index contributed by atoms with van der Waals surface area (Å²) in [4.78, 5) is 12.5. The van der Waals surface area contributed by atoms with E-state index in [0.717, 1.165) is 18.8 Å². The Balaban J connectivity index is 1.92. The number of hydrogen-bond donors (Lipinski definition) is 0. The highest BCUT2D eigenvalue weighted by molar-refractivity contribution is 5.85. The monoisotopic (exact) mass is 236 g/mol. The second-order valence-electron chi connectivity index (χ2n) is 7.45. The first-order chi connectivity index (χ1) is 7.97. The maximum Gasteiger partial charge on any atom is 0.139 e. The molecule has 0 radical (unpaired) electrons. The van der Waals surface area contributed by atoms with Crippen LogP contribution >= 0.6 is 0 Å². The third-order valence-corrected chi connectivity index (χ3v) is 4.67. The number of rotatable bonds is 2. The van der Waals surface area contributed by atoms with Gasteiger partial charge in [0.25, 0.3) is 0 Å². The Kier molecular flexibility index (Phi) is 3.95. The summed E-state index contributed by atoms with van der Waals surface area (Å²) in [6.07, 6.45) is 10.2. The van der Waals surface area contributed by atoms with Crippen molar-refractivity contribution < 1.29 is 4.79 Å². The molecular weight excluding hydrogens is 208 g/mol. The minimum Gasteiger partial charge on any atom is -0.299 e. The predicted molar refractivity (Wildman–Crippen MR) is 71.9 cm³/mol. The van der Waals surface area contributed by atoms with E-state index >= 15 is 0 Å². The van der Waals surface area contributed by atoms with Gasteiger partial charge in [-0.05, 0) is 43.4 Å². The fraction of sp³-hybridized carbons (Fsp3) is 0.938. The van der Waals surface area contributed by atoms with E-state index in [1.165, 1.54) is 38.5 Å². The van der Waals surface area contributed by atoms with E-state index in [1.54, 1.807) is 0 Å². The molecule has 0 amide bonds. The fourth-order valence-corrected chi connectivity index (χ4v) is 3.91. The van der Waals surface area contributed by atoms with Gasteiger partial charge in [-0.15, -0.1) is 0 Å². The van der Waals surface area contributed by atoms with Gasteiger partial charge in [0.05, 0.1) is 0 Å². The Morgan fingerprint density at radius 2 is 1.65 bits per heavy atom. The van der Waals surface area contributed by atoms with E-state index in [9.17, 15) is 4.79 Å². The Bertz CT molecular complexity index is 268. The Morgan fingerprint density at radius 3 is 2.24 bits per heavy atom. The lowest BCUT2D eigenvalue weighted by Gasteiger charge is -2.27. The molecule has 2 rings (SSSR count). The predicted octanol–water partition coefficient (Wildman–Crippen LogP) is 4.60. The molecule has 98 valence electrons. The average Bonchev–Trinajstić information content (AvgIpc) is 2.60. The molecule has 2 aliphatic rings. The average molecular weight is 236 g/mol. The molecule has 17 heavy (non-hydrogen) atoms. The van der Waals surface area contributed by atoms with Crippen LogP contribution in [0, 0.1) is 23.2 Å². The van der Waals surface area contributed by atoms with Crippen molar-refractivity contribution in [2.45, 2.75) is 72.1 Å². The zero-order valence-corrected chi connectivity index (χ0v) is 11.8. The summed E-state index contributed by atoms with van der Waals surface area (Å²) in [5.74, 6) is 2.16. The SMILES string of the molecule is CC(C)(C)CC1CCC(C2CCCCC2)C1=O. The number of carbonyl (C=O) groups is 1. The van der Waals surface area contributed by atoms with Crippen LogP contribution in [-0.4, -0.2) is 5.78 Å². The van der Waals surface area contributed by atoms with Crippen LogP contribution in [0.15, 0.2) is 0 Å². The molecule has 0 heterocycles. The lowest BCUT2D eigenvalue weighted by Crippen LogP contribution is -2.25. The zero-order chi connectivity index (χ0) is 12.5. The van der Waals surface area contributed by atoms with Gasteiger partial charge < -0.3 is 0 Å². The minimum absolute atomic E-state index is 0.307. The van der Waals surface area contributed by atoms with Gasteiger partial charge >= 0.3 is 0 Å². The van der Waals surface area contributed by atoms with Crippen molar-refractivity contribution in [2.75, 3.05) is 0 Å². The Hall–Kier alpha value is -0.330. The van der Waals surface area contributed by atoms with Crippen molar-refractivity contribution in [2.24, 2.45) is 23.2 Å². The molecule has 0 aromatic carbocycles. The molecule has 1 nitrogen and oxygen atoms in total. The summed E-state index contributed by atoms with van der Waals surface area (Å²) in [7, 11) is 0. The van der Waals surface area contributed by atoms with Gasteiger partial charge in [0, 0.05) is 11.8 Å². The number of hydrogen-bond acceptors (Lipinski definition) is 1. The lowest BCUT2D eigenvalue weighted by atomic mass is 9.77. The molecular formula is C16H28O. The topological polar surface area (TPSA) is 17.1 Å². The van der Waals surface area contributed by atoms with Crippen molar-refractivity contribution in [3.63, 3.8) is 0 Å². The molecule has 0 bridgehead atoms. The van der Waals surface area contributed by atoms with Crippen LogP contribution in [0.25, 0.3) is 0 Å². The van der Waals surface area contributed by atoms with Gasteiger partial charge in [-0.25, -0.2) is 0 Å². The molecule has 2 atom stereocenters. The van der Waals surface area contributed by atoms with Crippen LogP contribution in [0.2, 0.25) is 0 Å². The van der Waals surface area contributed by atoms with Crippen molar-refractivity contribution >= 4 is 5.78 Å². The van der Waals surface area contributed by atoms with E-state index in [0.29, 0.717) is 23.0 Å². The highest BCUT2D eigenvalue weighted by Crippen LogP contribution is 2.42. The molecule has 2 unspecified atom stereocenters. The van der Waals surface area contributed by atoms with Crippen molar-refractivity contribution in [3.8, 4) is 0 Å². The highest BCUT2D eigenvalue weighted by Gasteiger charge is 2.40. The highest BCUT2D eigenvalue weighted by atomic mass is 16.1. The summed E-state index contributed by atoms with van der Waals surface area (Å²) in [6.45, 7) is 6.77. The molecule has 2 aliphatic carbocycles. The molecule has 0 saturated heterocycles. The van der Waals surface area contributed by atoms with E-state index in [2.05, 4.69) is 20.8 Å². The maximum absolute atomic E-state index is 12.5. The van der Waals surface area contributed by atoms with Gasteiger partial charge in [0.2, 0.25) is 0 Å². The number of ketones is 1. The van der Waals surface area contributed by atoms with Gasteiger partial charge in [0.15, 0.2) is 0 Å². The first-order valence-electron chi connectivity index (χ1n) is 7.51. The third kappa shape index (κ3) is 3.33. The minimum atomic E-state index is 0.307. The Morgan fingerprint density at radius 1 is 1.00 bits per heavy atom. The number of carbonyl (C=O) groups excluding carboxylic acids is 1. The van der Waals surface area contributed by atoms with E-state index < -0.39 is 0 Å². The second kappa shape index (κ2) is 5.12. The Labute approximate surface area is 106 Å². The van der Waals surface area contributed by atoms with Gasteiger partial charge in [-0.2, -0.15) is 0 Å². The quantitative estimate of drug-likeness (QED) is 0.685. The molecule has 2 saturated carbocycles. The maximum atomic E-state index is 12.5. The second-order valence-corrected chi connectivity index (χ2v) is 7.45. The van der Waals surface area contributed by atoms with Crippen LogP contribution in [0.4, 0.5) is 0 Å².